The molecule has 1 N–H and O–H groups in total. The molecule has 8 heteroatoms. The van der Waals surface area contributed by atoms with E-state index in [1.165, 1.54) is 11.3 Å². The van der Waals surface area contributed by atoms with Crippen LogP contribution in [0.2, 0.25) is 5.02 Å². The van der Waals surface area contributed by atoms with Gasteiger partial charge in [-0.3, -0.25) is 9.59 Å². The number of hydrogen-bond donors (Lipinski definition) is 1. The van der Waals surface area contributed by atoms with Gasteiger partial charge in [0, 0.05) is 23.7 Å². The van der Waals surface area contributed by atoms with Crippen molar-refractivity contribution in [1.29, 1.82) is 0 Å². The highest BCUT2D eigenvalue weighted by Crippen LogP contribution is 2.28. The molecular weight excluding hydrogens is 336 g/mol. The van der Waals surface area contributed by atoms with Crippen molar-refractivity contribution in [3.05, 3.63) is 34.3 Å². The summed E-state index contributed by atoms with van der Waals surface area (Å²) in [5, 5.41) is 12.5. The van der Waals surface area contributed by atoms with Crippen LogP contribution in [0.25, 0.3) is 0 Å². The molecule has 1 fully saturated rings. The van der Waals surface area contributed by atoms with Gasteiger partial charge in [0.1, 0.15) is 5.01 Å². The molecule has 1 saturated heterocycles. The van der Waals surface area contributed by atoms with Crippen molar-refractivity contribution in [3.8, 4) is 0 Å². The number of hydrogen-bond acceptors (Lipinski definition) is 5. The summed E-state index contributed by atoms with van der Waals surface area (Å²) >= 11 is 7.31. The summed E-state index contributed by atoms with van der Waals surface area (Å²) in [4.78, 5) is 26.1. The fourth-order valence-electron chi connectivity index (χ4n) is 2.43. The van der Waals surface area contributed by atoms with Gasteiger partial charge in [-0.15, -0.1) is 10.2 Å². The third-order valence-electron chi connectivity index (χ3n) is 3.62. The average molecular weight is 351 g/mol. The molecule has 2 aromatic rings. The summed E-state index contributed by atoms with van der Waals surface area (Å²) in [6.07, 6.45) is 0.954. The first-order valence-electron chi connectivity index (χ1n) is 7.26. The molecule has 0 bridgehead atoms. The number of rotatable bonds is 4. The minimum absolute atomic E-state index is 0.0843. The second-order valence-electron chi connectivity index (χ2n) is 5.23. The molecule has 1 aliphatic rings. The zero-order valence-corrected chi connectivity index (χ0v) is 14.0. The van der Waals surface area contributed by atoms with Gasteiger partial charge in [-0.25, -0.2) is 0 Å². The van der Waals surface area contributed by atoms with Gasteiger partial charge in [-0.05, 0) is 24.6 Å². The van der Waals surface area contributed by atoms with Crippen LogP contribution < -0.4 is 10.2 Å². The molecule has 120 valence electrons. The van der Waals surface area contributed by atoms with Crippen molar-refractivity contribution in [2.45, 2.75) is 19.8 Å². The van der Waals surface area contributed by atoms with Crippen LogP contribution in [0.5, 0.6) is 0 Å². The quantitative estimate of drug-likeness (QED) is 0.920. The van der Waals surface area contributed by atoms with Crippen molar-refractivity contribution in [2.75, 3.05) is 16.8 Å². The van der Waals surface area contributed by atoms with Gasteiger partial charge in [0.2, 0.25) is 16.9 Å². The number of amides is 2. The van der Waals surface area contributed by atoms with Gasteiger partial charge < -0.3 is 10.2 Å². The Balaban J connectivity index is 1.68. The lowest BCUT2D eigenvalue weighted by molar-refractivity contribution is -0.122. The zero-order chi connectivity index (χ0) is 16.4. The minimum Gasteiger partial charge on any atom is -0.312 e. The van der Waals surface area contributed by atoms with E-state index in [1.807, 2.05) is 13.0 Å². The van der Waals surface area contributed by atoms with Crippen molar-refractivity contribution in [2.24, 2.45) is 5.92 Å². The Morgan fingerprint density at radius 2 is 2.30 bits per heavy atom. The van der Waals surface area contributed by atoms with Crippen LogP contribution in [0.3, 0.4) is 0 Å². The van der Waals surface area contributed by atoms with E-state index >= 15 is 0 Å². The molecule has 2 heterocycles. The number of carbonyl (C=O) groups excluding carboxylic acids is 2. The van der Waals surface area contributed by atoms with Gasteiger partial charge in [0.15, 0.2) is 0 Å². The topological polar surface area (TPSA) is 75.2 Å². The molecule has 0 radical (unpaired) electrons. The fourth-order valence-corrected chi connectivity index (χ4v) is 3.30. The SMILES string of the molecule is CCc1nnc(NC(=O)[C@H]2CC(=O)N(c3cccc(Cl)c3)C2)s1. The Morgan fingerprint density at radius 1 is 1.48 bits per heavy atom. The molecular formula is C15H15ClN4O2S. The summed E-state index contributed by atoms with van der Waals surface area (Å²) in [6.45, 7) is 2.31. The van der Waals surface area contributed by atoms with Gasteiger partial charge in [-0.2, -0.15) is 0 Å². The smallest absolute Gasteiger partial charge is 0.231 e. The molecule has 23 heavy (non-hydrogen) atoms. The monoisotopic (exact) mass is 350 g/mol. The number of benzene rings is 1. The van der Waals surface area contributed by atoms with E-state index in [1.54, 1.807) is 23.1 Å². The van der Waals surface area contributed by atoms with Crippen LogP contribution in [0, 0.1) is 5.92 Å². The molecule has 0 unspecified atom stereocenters. The van der Waals surface area contributed by atoms with E-state index in [-0.39, 0.29) is 18.2 Å². The number of aromatic nitrogens is 2. The fraction of sp³-hybridized carbons (Fsp3) is 0.333. The van der Waals surface area contributed by atoms with E-state index in [0.29, 0.717) is 22.4 Å². The number of nitrogens with one attached hydrogen (secondary N) is 1. The van der Waals surface area contributed by atoms with E-state index in [9.17, 15) is 9.59 Å². The molecule has 3 rings (SSSR count). The highest BCUT2D eigenvalue weighted by Gasteiger charge is 2.35. The largest absolute Gasteiger partial charge is 0.312 e. The first-order chi connectivity index (χ1) is 11.1. The molecule has 1 atom stereocenters. The first kappa shape index (κ1) is 15.9. The van der Waals surface area contributed by atoms with Crippen LogP contribution >= 0.6 is 22.9 Å². The van der Waals surface area contributed by atoms with Crippen LogP contribution in [0.1, 0.15) is 18.4 Å². The van der Waals surface area contributed by atoms with Gasteiger partial charge in [0.05, 0.1) is 5.92 Å². The summed E-state index contributed by atoms with van der Waals surface area (Å²) in [6, 6.07) is 7.06. The molecule has 6 nitrogen and oxygen atoms in total. The Bertz CT molecular complexity index is 749. The molecule has 1 aromatic carbocycles. The Hall–Kier alpha value is -1.99. The maximum absolute atomic E-state index is 12.3. The Kier molecular flexibility index (Phi) is 4.58. The van der Waals surface area contributed by atoms with Gasteiger partial charge in [-0.1, -0.05) is 35.9 Å². The summed E-state index contributed by atoms with van der Waals surface area (Å²) < 4.78 is 0. The predicted molar refractivity (Wildman–Crippen MR) is 89.8 cm³/mol. The van der Waals surface area contributed by atoms with Crippen molar-refractivity contribution in [1.82, 2.24) is 10.2 Å². The molecule has 0 saturated carbocycles. The second-order valence-corrected chi connectivity index (χ2v) is 6.73. The van der Waals surface area contributed by atoms with E-state index in [2.05, 4.69) is 15.5 Å². The molecule has 0 aliphatic carbocycles. The highest BCUT2D eigenvalue weighted by atomic mass is 35.5. The van der Waals surface area contributed by atoms with Crippen LogP contribution in [0.15, 0.2) is 24.3 Å². The number of halogens is 1. The maximum Gasteiger partial charge on any atom is 0.231 e. The summed E-state index contributed by atoms with van der Waals surface area (Å²) in [5.74, 6) is -0.698. The van der Waals surface area contributed by atoms with Crippen LogP contribution in [-0.4, -0.2) is 28.6 Å². The molecule has 1 aliphatic heterocycles. The third-order valence-corrected chi connectivity index (χ3v) is 4.83. The molecule has 0 spiro atoms. The number of aryl methyl sites for hydroxylation is 1. The Morgan fingerprint density at radius 3 is 3.00 bits per heavy atom. The highest BCUT2D eigenvalue weighted by molar-refractivity contribution is 7.15. The molecule has 2 amide bonds. The normalized spacial score (nSPS) is 17.6. The summed E-state index contributed by atoms with van der Waals surface area (Å²) in [7, 11) is 0. The number of nitrogens with zero attached hydrogens (tertiary/aromatic N) is 3. The lowest BCUT2D eigenvalue weighted by Crippen LogP contribution is -2.28. The number of carbonyl (C=O) groups is 2. The zero-order valence-electron chi connectivity index (χ0n) is 12.5. The average Bonchev–Trinajstić information content (AvgIpc) is 3.13. The number of anilines is 2. The van der Waals surface area contributed by atoms with E-state index in [0.717, 1.165) is 11.4 Å². The van der Waals surface area contributed by atoms with Gasteiger partial charge in [0.25, 0.3) is 0 Å². The third kappa shape index (κ3) is 3.51. The maximum atomic E-state index is 12.3. The lowest BCUT2D eigenvalue weighted by atomic mass is 10.1. The van der Waals surface area contributed by atoms with Crippen molar-refractivity contribution < 1.29 is 9.59 Å². The van der Waals surface area contributed by atoms with Gasteiger partial charge >= 0.3 is 0 Å². The van der Waals surface area contributed by atoms with Crippen LogP contribution in [-0.2, 0) is 16.0 Å². The van der Waals surface area contributed by atoms with Crippen molar-refractivity contribution >= 4 is 45.6 Å². The standard InChI is InChI=1S/C15H15ClN4O2S/c1-2-12-18-19-15(23-12)17-14(22)9-6-13(21)20(8-9)11-5-3-4-10(16)7-11/h3-5,7,9H,2,6,8H2,1H3,(H,17,19,22)/t9-/m0/s1. The van der Waals surface area contributed by atoms with Crippen LogP contribution in [0.4, 0.5) is 10.8 Å². The van der Waals surface area contributed by atoms with Crippen molar-refractivity contribution in [3.63, 3.8) is 0 Å². The first-order valence-corrected chi connectivity index (χ1v) is 8.45. The predicted octanol–water partition coefficient (Wildman–Crippen LogP) is 2.75. The van der Waals surface area contributed by atoms with E-state index in [4.69, 9.17) is 11.6 Å². The lowest BCUT2D eigenvalue weighted by Gasteiger charge is -2.16. The second kappa shape index (κ2) is 6.64. The molecule has 1 aromatic heterocycles. The Labute approximate surface area is 142 Å². The minimum atomic E-state index is -0.407. The van der Waals surface area contributed by atoms with E-state index < -0.39 is 5.92 Å². The summed E-state index contributed by atoms with van der Waals surface area (Å²) in [5.41, 5.74) is 0.710.